The first-order valence-electron chi connectivity index (χ1n) is 7.37. The van der Waals surface area contributed by atoms with E-state index < -0.39 is 6.09 Å². The summed E-state index contributed by atoms with van der Waals surface area (Å²) in [5.41, 5.74) is 6.79. The van der Waals surface area contributed by atoms with E-state index in [0.717, 1.165) is 0 Å². The zero-order valence-electron chi connectivity index (χ0n) is 13.2. The number of rotatable bonds is 6. The Morgan fingerprint density at radius 2 is 1.70 bits per heavy atom. The van der Waals surface area contributed by atoms with Crippen molar-refractivity contribution in [2.45, 2.75) is 13.8 Å². The maximum absolute atomic E-state index is 12.0. The maximum atomic E-state index is 12.0. The number of carbonyl (C=O) groups excluding carboxylic acids is 1. The van der Waals surface area contributed by atoms with Crippen LogP contribution in [0.1, 0.15) is 13.8 Å². The normalized spacial score (nSPS) is 10.0. The van der Waals surface area contributed by atoms with Crippen LogP contribution in [0.3, 0.4) is 0 Å². The molecule has 6 nitrogen and oxygen atoms in total. The Kier molecular flexibility index (Phi) is 5.68. The summed E-state index contributed by atoms with van der Waals surface area (Å²) in [7, 11) is 0. The van der Waals surface area contributed by atoms with E-state index in [1.54, 1.807) is 36.4 Å². The Balaban J connectivity index is 2.19. The molecule has 6 heteroatoms. The SMILES string of the molecule is CCOc1cc(NC(=O)Oc2ccccc2)c(OCC)cc1N. The number of ether oxygens (including phenoxy) is 3. The lowest BCUT2D eigenvalue weighted by molar-refractivity contribution is 0.215. The van der Waals surface area contributed by atoms with Crippen LogP contribution in [0.15, 0.2) is 42.5 Å². The average molecular weight is 316 g/mol. The van der Waals surface area contributed by atoms with E-state index in [1.165, 1.54) is 0 Å². The number of nitrogens with two attached hydrogens (primary N) is 1. The molecule has 0 aromatic heterocycles. The summed E-state index contributed by atoms with van der Waals surface area (Å²) >= 11 is 0. The van der Waals surface area contributed by atoms with Crippen LogP contribution in [0, 0.1) is 0 Å². The zero-order valence-corrected chi connectivity index (χ0v) is 13.2. The Morgan fingerprint density at radius 3 is 2.35 bits per heavy atom. The lowest BCUT2D eigenvalue weighted by atomic mass is 10.2. The summed E-state index contributed by atoms with van der Waals surface area (Å²) < 4.78 is 16.1. The minimum Gasteiger partial charge on any atom is -0.492 e. The largest absolute Gasteiger partial charge is 0.492 e. The third kappa shape index (κ3) is 4.54. The molecule has 0 atom stereocenters. The van der Waals surface area contributed by atoms with Gasteiger partial charge in [0.15, 0.2) is 0 Å². The highest BCUT2D eigenvalue weighted by atomic mass is 16.6. The van der Waals surface area contributed by atoms with Gasteiger partial charge in [-0.15, -0.1) is 0 Å². The lowest BCUT2D eigenvalue weighted by Gasteiger charge is -2.15. The Labute approximate surface area is 135 Å². The van der Waals surface area contributed by atoms with Crippen LogP contribution in [0.2, 0.25) is 0 Å². The van der Waals surface area contributed by atoms with Crippen LogP contribution in [0.4, 0.5) is 16.2 Å². The van der Waals surface area contributed by atoms with E-state index in [1.807, 2.05) is 19.9 Å². The molecule has 2 rings (SSSR count). The van der Waals surface area contributed by atoms with Gasteiger partial charge in [-0.05, 0) is 26.0 Å². The van der Waals surface area contributed by atoms with Crippen molar-refractivity contribution < 1.29 is 19.0 Å². The van der Waals surface area contributed by atoms with Crippen LogP contribution in [0.5, 0.6) is 17.2 Å². The van der Waals surface area contributed by atoms with Crippen molar-refractivity contribution >= 4 is 17.5 Å². The molecular formula is C17H20N2O4. The number of anilines is 2. The van der Waals surface area contributed by atoms with Crippen molar-refractivity contribution in [2.24, 2.45) is 0 Å². The summed E-state index contributed by atoms with van der Waals surface area (Å²) in [5.74, 6) is 1.38. The third-order valence-corrected chi connectivity index (χ3v) is 2.90. The smallest absolute Gasteiger partial charge is 0.417 e. The maximum Gasteiger partial charge on any atom is 0.417 e. The monoisotopic (exact) mass is 316 g/mol. The predicted molar refractivity (Wildman–Crippen MR) is 89.3 cm³/mol. The minimum atomic E-state index is -0.621. The number of nitrogens with one attached hydrogen (secondary N) is 1. The van der Waals surface area contributed by atoms with E-state index in [-0.39, 0.29) is 0 Å². The molecule has 0 bridgehead atoms. The van der Waals surface area contributed by atoms with Gasteiger partial charge in [-0.25, -0.2) is 4.79 Å². The van der Waals surface area contributed by atoms with Gasteiger partial charge in [0, 0.05) is 12.1 Å². The molecule has 1 amide bonds. The fourth-order valence-electron chi connectivity index (χ4n) is 1.96. The highest BCUT2D eigenvalue weighted by molar-refractivity contribution is 5.89. The van der Waals surface area contributed by atoms with Gasteiger partial charge in [-0.2, -0.15) is 0 Å². The molecule has 0 aliphatic carbocycles. The van der Waals surface area contributed by atoms with Gasteiger partial charge in [0.2, 0.25) is 0 Å². The summed E-state index contributed by atoms with van der Waals surface area (Å²) in [6.45, 7) is 4.60. The van der Waals surface area contributed by atoms with E-state index >= 15 is 0 Å². The van der Waals surface area contributed by atoms with Gasteiger partial charge >= 0.3 is 6.09 Å². The predicted octanol–water partition coefficient (Wildman–Crippen LogP) is 3.68. The minimum absolute atomic E-state index is 0.436. The molecule has 0 heterocycles. The molecule has 2 aromatic rings. The van der Waals surface area contributed by atoms with Gasteiger partial charge in [0.1, 0.15) is 17.2 Å². The second kappa shape index (κ2) is 7.93. The quantitative estimate of drug-likeness (QED) is 0.794. The number of amides is 1. The fraction of sp³-hybridized carbons (Fsp3) is 0.235. The molecule has 122 valence electrons. The summed E-state index contributed by atoms with van der Waals surface area (Å²) in [5, 5.41) is 2.65. The lowest BCUT2D eigenvalue weighted by Crippen LogP contribution is -2.17. The van der Waals surface area contributed by atoms with Crippen LogP contribution in [0.25, 0.3) is 0 Å². The molecule has 0 saturated carbocycles. The number of hydrogen-bond donors (Lipinski definition) is 2. The van der Waals surface area contributed by atoms with Crippen molar-refractivity contribution in [1.82, 2.24) is 0 Å². The molecule has 0 fully saturated rings. The molecule has 2 aromatic carbocycles. The van der Waals surface area contributed by atoms with Gasteiger partial charge in [-0.1, -0.05) is 18.2 Å². The van der Waals surface area contributed by atoms with Crippen molar-refractivity contribution in [3.8, 4) is 17.2 Å². The highest BCUT2D eigenvalue weighted by Crippen LogP contribution is 2.35. The molecule has 0 saturated heterocycles. The Bertz CT molecular complexity index is 659. The molecule has 0 radical (unpaired) electrons. The second-order valence-corrected chi connectivity index (χ2v) is 4.58. The van der Waals surface area contributed by atoms with Crippen LogP contribution < -0.4 is 25.3 Å². The van der Waals surface area contributed by atoms with Crippen molar-refractivity contribution in [1.29, 1.82) is 0 Å². The number of nitrogen functional groups attached to an aromatic ring is 1. The first-order valence-corrected chi connectivity index (χ1v) is 7.37. The summed E-state index contributed by atoms with van der Waals surface area (Å²) in [6, 6.07) is 12.0. The second-order valence-electron chi connectivity index (χ2n) is 4.58. The zero-order chi connectivity index (χ0) is 16.7. The van der Waals surface area contributed by atoms with Crippen LogP contribution >= 0.6 is 0 Å². The highest BCUT2D eigenvalue weighted by Gasteiger charge is 2.14. The molecule has 0 spiro atoms. The van der Waals surface area contributed by atoms with Crippen LogP contribution in [-0.4, -0.2) is 19.3 Å². The Morgan fingerprint density at radius 1 is 1.04 bits per heavy atom. The number of hydrogen-bond acceptors (Lipinski definition) is 5. The molecule has 0 aliphatic heterocycles. The first-order chi connectivity index (χ1) is 11.1. The molecular weight excluding hydrogens is 296 g/mol. The van der Waals surface area contributed by atoms with E-state index in [0.29, 0.717) is 41.8 Å². The van der Waals surface area contributed by atoms with Gasteiger partial charge in [-0.3, -0.25) is 5.32 Å². The molecule has 0 aliphatic rings. The van der Waals surface area contributed by atoms with E-state index in [4.69, 9.17) is 19.9 Å². The summed E-state index contributed by atoms with van der Waals surface area (Å²) in [4.78, 5) is 12.0. The van der Waals surface area contributed by atoms with Gasteiger partial charge < -0.3 is 19.9 Å². The van der Waals surface area contributed by atoms with Gasteiger partial charge in [0.25, 0.3) is 0 Å². The van der Waals surface area contributed by atoms with E-state index in [2.05, 4.69) is 5.32 Å². The number of para-hydroxylation sites is 1. The number of benzene rings is 2. The summed E-state index contributed by atoms with van der Waals surface area (Å²) in [6.07, 6.45) is -0.621. The first kappa shape index (κ1) is 16.5. The standard InChI is InChI=1S/C17H20N2O4/c1-3-21-15-11-14(16(22-4-2)10-13(15)18)19-17(20)23-12-8-6-5-7-9-12/h5-11H,3-4,18H2,1-2H3,(H,19,20). The molecule has 0 unspecified atom stereocenters. The van der Waals surface area contributed by atoms with Crippen LogP contribution in [-0.2, 0) is 0 Å². The van der Waals surface area contributed by atoms with Gasteiger partial charge in [0.05, 0.1) is 24.6 Å². The average Bonchev–Trinajstić information content (AvgIpc) is 2.53. The van der Waals surface area contributed by atoms with Crippen molar-refractivity contribution in [3.05, 3.63) is 42.5 Å². The van der Waals surface area contributed by atoms with Crippen molar-refractivity contribution in [2.75, 3.05) is 24.3 Å². The Hall–Kier alpha value is -2.89. The molecule has 23 heavy (non-hydrogen) atoms. The fourth-order valence-corrected chi connectivity index (χ4v) is 1.96. The van der Waals surface area contributed by atoms with E-state index in [9.17, 15) is 4.79 Å². The van der Waals surface area contributed by atoms with Crippen molar-refractivity contribution in [3.63, 3.8) is 0 Å². The number of carbonyl (C=O) groups is 1. The third-order valence-electron chi connectivity index (χ3n) is 2.90. The topological polar surface area (TPSA) is 82.8 Å². The molecule has 3 N–H and O–H groups in total.